The first-order valence-corrected chi connectivity index (χ1v) is 10.4. The lowest BCUT2D eigenvalue weighted by Gasteiger charge is -2.21. The predicted octanol–water partition coefficient (Wildman–Crippen LogP) is 3.67. The molecule has 3 rings (SSSR count). The summed E-state index contributed by atoms with van der Waals surface area (Å²) >= 11 is 0. The molecule has 3 aromatic rings. The van der Waals surface area contributed by atoms with Crippen molar-refractivity contribution in [2.24, 2.45) is 0 Å². The van der Waals surface area contributed by atoms with Crippen molar-refractivity contribution < 1.29 is 12.8 Å². The highest BCUT2D eigenvalue weighted by atomic mass is 32.2. The Balaban J connectivity index is 1.97. The molecule has 6 nitrogen and oxygen atoms in total. The number of rotatable bonds is 7. The SMILES string of the molecule is CCCN(CCC)S(=O)(=O)c1ccc(-c2nc3ccccc3c(=O)o2)cc1. The number of sulfonamides is 1. The summed E-state index contributed by atoms with van der Waals surface area (Å²) < 4.78 is 32.4. The molecule has 7 heteroatoms. The molecule has 0 fully saturated rings. The van der Waals surface area contributed by atoms with Gasteiger partial charge in [0.2, 0.25) is 15.9 Å². The van der Waals surface area contributed by atoms with Crippen LogP contribution in [0.25, 0.3) is 22.4 Å². The van der Waals surface area contributed by atoms with E-state index < -0.39 is 15.6 Å². The summed E-state index contributed by atoms with van der Waals surface area (Å²) in [5.41, 5.74) is 0.621. The minimum atomic E-state index is -3.55. The van der Waals surface area contributed by atoms with Crippen LogP contribution in [-0.4, -0.2) is 30.8 Å². The average molecular weight is 386 g/mol. The van der Waals surface area contributed by atoms with Crippen molar-refractivity contribution in [2.75, 3.05) is 13.1 Å². The Hall–Kier alpha value is -2.51. The van der Waals surface area contributed by atoms with Crippen LogP contribution in [-0.2, 0) is 10.0 Å². The molecule has 0 radical (unpaired) electrons. The van der Waals surface area contributed by atoms with Crippen molar-refractivity contribution in [1.29, 1.82) is 0 Å². The Bertz CT molecular complexity index is 1080. The Morgan fingerprint density at radius 2 is 1.59 bits per heavy atom. The molecule has 1 aromatic heterocycles. The second-order valence-electron chi connectivity index (χ2n) is 6.25. The highest BCUT2D eigenvalue weighted by Gasteiger charge is 2.23. The molecule has 2 aromatic carbocycles. The summed E-state index contributed by atoms with van der Waals surface area (Å²) in [7, 11) is -3.55. The van der Waals surface area contributed by atoms with E-state index in [0.717, 1.165) is 12.8 Å². The lowest BCUT2D eigenvalue weighted by Crippen LogP contribution is -2.32. The fourth-order valence-electron chi connectivity index (χ4n) is 2.91. The first-order valence-electron chi connectivity index (χ1n) is 8.98. The van der Waals surface area contributed by atoms with Crippen LogP contribution in [0.2, 0.25) is 0 Å². The number of hydrogen-bond donors (Lipinski definition) is 0. The monoisotopic (exact) mass is 386 g/mol. The van der Waals surface area contributed by atoms with Gasteiger partial charge in [-0.25, -0.2) is 18.2 Å². The maximum atomic E-state index is 12.8. The van der Waals surface area contributed by atoms with E-state index >= 15 is 0 Å². The van der Waals surface area contributed by atoms with Crippen LogP contribution in [0.5, 0.6) is 0 Å². The molecule has 0 saturated carbocycles. The van der Waals surface area contributed by atoms with Gasteiger partial charge in [0.15, 0.2) is 0 Å². The Labute approximate surface area is 158 Å². The molecule has 0 aliphatic rings. The lowest BCUT2D eigenvalue weighted by molar-refractivity contribution is 0.410. The van der Waals surface area contributed by atoms with Crippen molar-refractivity contribution in [3.63, 3.8) is 0 Å². The van der Waals surface area contributed by atoms with E-state index in [4.69, 9.17) is 4.42 Å². The fraction of sp³-hybridized carbons (Fsp3) is 0.300. The van der Waals surface area contributed by atoms with Crippen molar-refractivity contribution in [3.05, 3.63) is 59.0 Å². The average Bonchev–Trinajstić information content (AvgIpc) is 2.68. The van der Waals surface area contributed by atoms with Gasteiger partial charge in [0.05, 0.1) is 15.8 Å². The second kappa shape index (κ2) is 8.02. The van der Waals surface area contributed by atoms with Crippen molar-refractivity contribution in [2.45, 2.75) is 31.6 Å². The summed E-state index contributed by atoms with van der Waals surface area (Å²) in [5, 5.41) is 0.412. The maximum absolute atomic E-state index is 12.8. The lowest BCUT2D eigenvalue weighted by atomic mass is 10.2. The molecule has 0 atom stereocenters. The molecular weight excluding hydrogens is 364 g/mol. The quantitative estimate of drug-likeness (QED) is 0.619. The van der Waals surface area contributed by atoms with Crippen molar-refractivity contribution in [3.8, 4) is 11.5 Å². The number of para-hydroxylation sites is 1. The highest BCUT2D eigenvalue weighted by molar-refractivity contribution is 7.89. The van der Waals surface area contributed by atoms with Gasteiger partial charge in [0, 0.05) is 18.7 Å². The van der Waals surface area contributed by atoms with E-state index in [1.807, 2.05) is 13.8 Å². The third-order valence-corrected chi connectivity index (χ3v) is 6.13. The number of aromatic nitrogens is 1. The smallest absolute Gasteiger partial charge is 0.347 e. The minimum Gasteiger partial charge on any atom is -0.403 e. The van der Waals surface area contributed by atoms with Crippen molar-refractivity contribution >= 4 is 20.9 Å². The number of fused-ring (bicyclic) bond motifs is 1. The van der Waals surface area contributed by atoms with Gasteiger partial charge >= 0.3 is 5.63 Å². The van der Waals surface area contributed by atoms with Gasteiger partial charge in [-0.2, -0.15) is 4.31 Å². The van der Waals surface area contributed by atoms with Crippen molar-refractivity contribution in [1.82, 2.24) is 9.29 Å². The van der Waals surface area contributed by atoms with Gasteiger partial charge < -0.3 is 4.42 Å². The molecule has 0 amide bonds. The van der Waals surface area contributed by atoms with E-state index in [1.165, 1.54) is 16.4 Å². The largest absolute Gasteiger partial charge is 0.403 e. The molecule has 0 unspecified atom stereocenters. The van der Waals surface area contributed by atoms with Gasteiger partial charge in [0.25, 0.3) is 0 Å². The molecule has 142 valence electrons. The standard InChI is InChI=1S/C20H22N2O4S/c1-3-13-22(14-4-2)27(24,25)16-11-9-15(10-12-16)19-21-18-8-6-5-7-17(18)20(23)26-19/h5-12H,3-4,13-14H2,1-2H3. The van der Waals surface area contributed by atoms with E-state index in [2.05, 4.69) is 4.98 Å². The summed E-state index contributed by atoms with van der Waals surface area (Å²) in [6.45, 7) is 4.88. The molecular formula is C20H22N2O4S. The zero-order chi connectivity index (χ0) is 19.4. The van der Waals surface area contributed by atoms with E-state index in [9.17, 15) is 13.2 Å². The number of benzene rings is 2. The van der Waals surface area contributed by atoms with Crippen LogP contribution in [0.15, 0.2) is 62.6 Å². The summed E-state index contributed by atoms with van der Waals surface area (Å²) in [4.78, 5) is 16.7. The summed E-state index contributed by atoms with van der Waals surface area (Å²) in [6.07, 6.45) is 1.51. The van der Waals surface area contributed by atoms with Gasteiger partial charge in [-0.15, -0.1) is 0 Å². The van der Waals surface area contributed by atoms with Crippen LogP contribution in [0, 0.1) is 0 Å². The molecule has 0 spiro atoms. The highest BCUT2D eigenvalue weighted by Crippen LogP contribution is 2.23. The molecule has 0 saturated heterocycles. The van der Waals surface area contributed by atoms with Crippen LogP contribution in [0.4, 0.5) is 0 Å². The fourth-order valence-corrected chi connectivity index (χ4v) is 4.54. The molecule has 0 aliphatic heterocycles. The molecule has 0 N–H and O–H groups in total. The maximum Gasteiger partial charge on any atom is 0.347 e. The van der Waals surface area contributed by atoms with Gasteiger partial charge in [-0.1, -0.05) is 26.0 Å². The molecule has 27 heavy (non-hydrogen) atoms. The van der Waals surface area contributed by atoms with Crippen LogP contribution >= 0.6 is 0 Å². The van der Waals surface area contributed by atoms with Gasteiger partial charge in [-0.3, -0.25) is 0 Å². The zero-order valence-electron chi connectivity index (χ0n) is 15.4. The van der Waals surface area contributed by atoms with Crippen LogP contribution in [0.3, 0.4) is 0 Å². The predicted molar refractivity (Wildman–Crippen MR) is 105 cm³/mol. The van der Waals surface area contributed by atoms with Gasteiger partial charge in [-0.05, 0) is 49.2 Å². The number of nitrogens with zero attached hydrogens (tertiary/aromatic N) is 2. The van der Waals surface area contributed by atoms with Crippen LogP contribution in [0.1, 0.15) is 26.7 Å². The summed E-state index contributed by atoms with van der Waals surface area (Å²) in [6, 6.07) is 13.2. The third-order valence-electron chi connectivity index (χ3n) is 4.22. The second-order valence-corrected chi connectivity index (χ2v) is 8.19. The van der Waals surface area contributed by atoms with E-state index in [-0.39, 0.29) is 10.8 Å². The Kier molecular flexibility index (Phi) is 5.72. The zero-order valence-corrected chi connectivity index (χ0v) is 16.2. The van der Waals surface area contributed by atoms with Crippen LogP contribution < -0.4 is 5.63 Å². The van der Waals surface area contributed by atoms with E-state index in [1.54, 1.807) is 36.4 Å². The Morgan fingerprint density at radius 1 is 0.963 bits per heavy atom. The topological polar surface area (TPSA) is 80.5 Å². The summed E-state index contributed by atoms with van der Waals surface area (Å²) in [5.74, 6) is 0.168. The van der Waals surface area contributed by atoms with Gasteiger partial charge in [0.1, 0.15) is 0 Å². The molecule has 0 bridgehead atoms. The third kappa shape index (κ3) is 3.94. The normalized spacial score (nSPS) is 12.0. The minimum absolute atomic E-state index is 0.168. The first-order chi connectivity index (χ1) is 13.0. The Morgan fingerprint density at radius 3 is 2.22 bits per heavy atom. The van der Waals surface area contributed by atoms with E-state index in [0.29, 0.717) is 29.6 Å². The first kappa shape index (κ1) is 19.3. The molecule has 1 heterocycles. The number of hydrogen-bond acceptors (Lipinski definition) is 5. The molecule has 0 aliphatic carbocycles.